The van der Waals surface area contributed by atoms with Crippen LogP contribution in [0.25, 0.3) is 16.8 Å². The maximum absolute atomic E-state index is 10.9. The van der Waals surface area contributed by atoms with E-state index in [1.807, 2.05) is 30.3 Å². The van der Waals surface area contributed by atoms with Gasteiger partial charge in [-0.3, -0.25) is 4.79 Å². The minimum atomic E-state index is -0.0349. The molecule has 0 saturated carbocycles. The van der Waals surface area contributed by atoms with Gasteiger partial charge in [-0.05, 0) is 35.9 Å². The quantitative estimate of drug-likeness (QED) is 0.776. The first-order chi connectivity index (χ1) is 7.68. The van der Waals surface area contributed by atoms with Crippen LogP contribution in [-0.4, -0.2) is 10.9 Å². The monoisotopic (exact) mass is 212 g/mol. The summed E-state index contributed by atoms with van der Waals surface area (Å²) in [5, 5.41) is 11.7. The fraction of sp³-hybridized carbons (Fsp3) is 0.0714. The summed E-state index contributed by atoms with van der Waals surface area (Å²) >= 11 is 0. The first kappa shape index (κ1) is 10.4. The van der Waals surface area contributed by atoms with Crippen LogP contribution in [0.5, 0.6) is 5.75 Å². The molecule has 80 valence electrons. The second-order valence-corrected chi connectivity index (χ2v) is 3.66. The van der Waals surface area contributed by atoms with E-state index in [-0.39, 0.29) is 11.5 Å². The summed E-state index contributed by atoms with van der Waals surface area (Å²) in [6.45, 7) is 1.48. The molecule has 0 spiro atoms. The Morgan fingerprint density at radius 1 is 1.19 bits per heavy atom. The van der Waals surface area contributed by atoms with Crippen molar-refractivity contribution in [1.29, 1.82) is 0 Å². The Morgan fingerprint density at radius 2 is 1.94 bits per heavy atom. The third-order valence-electron chi connectivity index (χ3n) is 2.43. The van der Waals surface area contributed by atoms with Gasteiger partial charge in [0.2, 0.25) is 0 Å². The van der Waals surface area contributed by atoms with Gasteiger partial charge in [0.05, 0.1) is 0 Å². The molecule has 0 heterocycles. The zero-order valence-corrected chi connectivity index (χ0v) is 8.97. The molecular formula is C14H12O2. The Labute approximate surface area is 93.8 Å². The number of aromatic hydroxyl groups is 1. The van der Waals surface area contributed by atoms with Gasteiger partial charge in [-0.2, -0.15) is 0 Å². The third kappa shape index (κ3) is 1.96. The molecule has 0 saturated heterocycles. The van der Waals surface area contributed by atoms with Crippen LogP contribution in [0.15, 0.2) is 42.5 Å². The first-order valence-corrected chi connectivity index (χ1v) is 5.08. The molecule has 2 aromatic carbocycles. The van der Waals surface area contributed by atoms with Gasteiger partial charge in [0.15, 0.2) is 5.78 Å². The normalized spacial score (nSPS) is 11.1. The molecule has 0 fully saturated rings. The molecule has 0 atom stereocenters. The topological polar surface area (TPSA) is 37.3 Å². The van der Waals surface area contributed by atoms with Gasteiger partial charge >= 0.3 is 0 Å². The van der Waals surface area contributed by atoms with Crippen molar-refractivity contribution in [3.8, 4) is 5.75 Å². The predicted molar refractivity (Wildman–Crippen MR) is 65.3 cm³/mol. The lowest BCUT2D eigenvalue weighted by Gasteiger charge is -2.04. The average molecular weight is 212 g/mol. The van der Waals surface area contributed by atoms with Gasteiger partial charge in [-0.15, -0.1) is 0 Å². The van der Waals surface area contributed by atoms with Crippen LogP contribution in [0.4, 0.5) is 0 Å². The van der Waals surface area contributed by atoms with Crippen LogP contribution >= 0.6 is 0 Å². The van der Waals surface area contributed by atoms with Gasteiger partial charge in [0, 0.05) is 5.56 Å². The highest BCUT2D eigenvalue weighted by molar-refractivity contribution is 5.98. The van der Waals surface area contributed by atoms with Crippen molar-refractivity contribution in [3.05, 3.63) is 48.0 Å². The van der Waals surface area contributed by atoms with E-state index >= 15 is 0 Å². The SMILES string of the molecule is CC(=O)/C=C/c1c(O)ccc2ccccc12. The molecule has 0 amide bonds. The highest BCUT2D eigenvalue weighted by Gasteiger charge is 2.03. The number of hydrogen-bond acceptors (Lipinski definition) is 2. The second-order valence-electron chi connectivity index (χ2n) is 3.66. The van der Waals surface area contributed by atoms with Crippen LogP contribution in [-0.2, 0) is 4.79 Å². The smallest absolute Gasteiger partial charge is 0.152 e. The molecule has 0 unspecified atom stereocenters. The van der Waals surface area contributed by atoms with Crippen molar-refractivity contribution in [2.24, 2.45) is 0 Å². The first-order valence-electron chi connectivity index (χ1n) is 5.08. The number of carbonyl (C=O) groups is 1. The van der Waals surface area contributed by atoms with Crippen molar-refractivity contribution in [1.82, 2.24) is 0 Å². The maximum atomic E-state index is 10.9. The molecule has 0 aliphatic heterocycles. The molecule has 0 aromatic heterocycles. The number of hydrogen-bond donors (Lipinski definition) is 1. The lowest BCUT2D eigenvalue weighted by Crippen LogP contribution is -1.83. The summed E-state index contributed by atoms with van der Waals surface area (Å²) in [4.78, 5) is 10.9. The number of phenols is 1. The van der Waals surface area contributed by atoms with E-state index < -0.39 is 0 Å². The number of carbonyl (C=O) groups excluding carboxylic acids is 1. The van der Waals surface area contributed by atoms with Crippen molar-refractivity contribution in [3.63, 3.8) is 0 Å². The van der Waals surface area contributed by atoms with Crippen molar-refractivity contribution < 1.29 is 9.90 Å². The molecule has 1 N–H and O–H groups in total. The average Bonchev–Trinajstić information content (AvgIpc) is 2.27. The molecular weight excluding hydrogens is 200 g/mol. The summed E-state index contributed by atoms with van der Waals surface area (Å²) in [7, 11) is 0. The van der Waals surface area contributed by atoms with Gasteiger partial charge < -0.3 is 5.11 Å². The fourth-order valence-electron chi connectivity index (χ4n) is 1.66. The van der Waals surface area contributed by atoms with Crippen LogP contribution in [0.3, 0.4) is 0 Å². The van der Waals surface area contributed by atoms with Gasteiger partial charge in [-0.25, -0.2) is 0 Å². The molecule has 2 heteroatoms. The number of ketones is 1. The van der Waals surface area contributed by atoms with Gasteiger partial charge in [0.1, 0.15) is 5.75 Å². The fourth-order valence-corrected chi connectivity index (χ4v) is 1.66. The Balaban J connectivity index is 2.66. The standard InChI is InChI=1S/C14H12O2/c1-10(15)6-8-13-12-5-3-2-4-11(12)7-9-14(13)16/h2-9,16H,1H3/b8-6+. The number of benzene rings is 2. The van der Waals surface area contributed by atoms with Crippen molar-refractivity contribution in [2.75, 3.05) is 0 Å². The zero-order chi connectivity index (χ0) is 11.5. The number of phenolic OH excluding ortho intramolecular Hbond substituents is 1. The van der Waals surface area contributed by atoms with Crippen molar-refractivity contribution in [2.45, 2.75) is 6.92 Å². The molecule has 0 aliphatic rings. The van der Waals surface area contributed by atoms with E-state index in [1.54, 1.807) is 12.1 Å². The minimum absolute atomic E-state index is 0.0349. The Morgan fingerprint density at radius 3 is 2.69 bits per heavy atom. The second kappa shape index (κ2) is 4.19. The minimum Gasteiger partial charge on any atom is -0.507 e. The number of allylic oxidation sites excluding steroid dienone is 1. The molecule has 16 heavy (non-hydrogen) atoms. The van der Waals surface area contributed by atoms with Crippen LogP contribution < -0.4 is 0 Å². The van der Waals surface area contributed by atoms with Crippen LogP contribution in [0.1, 0.15) is 12.5 Å². The summed E-state index contributed by atoms with van der Waals surface area (Å²) < 4.78 is 0. The Kier molecular flexibility index (Phi) is 2.73. The highest BCUT2D eigenvalue weighted by Crippen LogP contribution is 2.28. The molecule has 2 nitrogen and oxygen atoms in total. The van der Waals surface area contributed by atoms with E-state index in [9.17, 15) is 9.90 Å². The van der Waals surface area contributed by atoms with E-state index in [0.29, 0.717) is 5.56 Å². The predicted octanol–water partition coefficient (Wildman–Crippen LogP) is 3.15. The largest absolute Gasteiger partial charge is 0.507 e. The highest BCUT2D eigenvalue weighted by atomic mass is 16.3. The summed E-state index contributed by atoms with van der Waals surface area (Å²) in [6, 6.07) is 11.2. The molecule has 2 aromatic rings. The van der Waals surface area contributed by atoms with Crippen LogP contribution in [0.2, 0.25) is 0 Å². The van der Waals surface area contributed by atoms with Crippen LogP contribution in [0, 0.1) is 0 Å². The van der Waals surface area contributed by atoms with Gasteiger partial charge in [-0.1, -0.05) is 30.3 Å². The lowest BCUT2D eigenvalue weighted by atomic mass is 10.0. The summed E-state index contributed by atoms with van der Waals surface area (Å²) in [5.74, 6) is 0.156. The molecule has 0 bridgehead atoms. The van der Waals surface area contributed by atoms with E-state index in [4.69, 9.17) is 0 Å². The maximum Gasteiger partial charge on any atom is 0.152 e. The van der Waals surface area contributed by atoms with E-state index in [0.717, 1.165) is 10.8 Å². The Bertz CT molecular complexity index is 568. The van der Waals surface area contributed by atoms with E-state index in [1.165, 1.54) is 13.0 Å². The number of rotatable bonds is 2. The van der Waals surface area contributed by atoms with E-state index in [2.05, 4.69) is 0 Å². The van der Waals surface area contributed by atoms with Gasteiger partial charge in [0.25, 0.3) is 0 Å². The summed E-state index contributed by atoms with van der Waals surface area (Å²) in [5.41, 5.74) is 0.688. The molecule has 0 aliphatic carbocycles. The van der Waals surface area contributed by atoms with Crippen molar-refractivity contribution >= 4 is 22.6 Å². The molecule has 2 rings (SSSR count). The lowest BCUT2D eigenvalue weighted by molar-refractivity contribution is -0.112. The molecule has 0 radical (unpaired) electrons. The summed E-state index contributed by atoms with van der Waals surface area (Å²) in [6.07, 6.45) is 3.11. The zero-order valence-electron chi connectivity index (χ0n) is 8.97. The third-order valence-corrected chi connectivity index (χ3v) is 2.43. The Hall–Kier alpha value is -2.09. The number of fused-ring (bicyclic) bond motifs is 1.